The Labute approximate surface area is 112 Å². The van der Waals surface area contributed by atoms with E-state index in [-0.39, 0.29) is 0 Å². The molecule has 0 aromatic heterocycles. The van der Waals surface area contributed by atoms with E-state index in [9.17, 15) is 5.26 Å². The van der Waals surface area contributed by atoms with E-state index in [1.54, 1.807) is 12.1 Å². The van der Waals surface area contributed by atoms with Crippen molar-refractivity contribution in [2.24, 2.45) is 0 Å². The van der Waals surface area contributed by atoms with Crippen LogP contribution in [0.5, 0.6) is 0 Å². The van der Waals surface area contributed by atoms with Crippen LogP contribution in [0.3, 0.4) is 0 Å². The number of benzene rings is 2. The van der Waals surface area contributed by atoms with Crippen LogP contribution in [-0.4, -0.2) is 7.05 Å². The summed E-state index contributed by atoms with van der Waals surface area (Å²) in [4.78, 5) is 1.94. The number of aryl methyl sites for hydroxylation is 1. The van der Waals surface area contributed by atoms with Gasteiger partial charge in [0.2, 0.25) is 0 Å². The maximum absolute atomic E-state index is 9.20. The third kappa shape index (κ3) is 2.56. The number of nitrogens with zero attached hydrogens (tertiary/aromatic N) is 3. The van der Waals surface area contributed by atoms with Gasteiger partial charge in [-0.1, -0.05) is 6.07 Å². The monoisotopic (exact) mass is 247 g/mol. The smallest absolute Gasteiger partial charge is 0.101 e. The lowest BCUT2D eigenvalue weighted by atomic mass is 10.1. The SMILES string of the molecule is Cc1ccc(N(C)c2ccc(C#N)cc2)c(C#N)c1. The van der Waals surface area contributed by atoms with E-state index >= 15 is 0 Å². The van der Waals surface area contributed by atoms with Crippen molar-refractivity contribution >= 4 is 11.4 Å². The highest BCUT2D eigenvalue weighted by molar-refractivity contribution is 5.69. The van der Waals surface area contributed by atoms with E-state index < -0.39 is 0 Å². The predicted molar refractivity (Wildman–Crippen MR) is 75.1 cm³/mol. The fourth-order valence-corrected chi connectivity index (χ4v) is 1.93. The highest BCUT2D eigenvalue weighted by Gasteiger charge is 2.09. The first kappa shape index (κ1) is 12.7. The molecule has 0 unspecified atom stereocenters. The summed E-state index contributed by atoms with van der Waals surface area (Å²) in [6.07, 6.45) is 0. The predicted octanol–water partition coefficient (Wildman–Crippen LogP) is 3.51. The first-order valence-corrected chi connectivity index (χ1v) is 5.90. The standard InChI is InChI=1S/C16H13N3/c1-12-3-8-16(14(9-12)11-18)19(2)15-6-4-13(10-17)5-7-15/h3-9H,1-2H3. The summed E-state index contributed by atoms with van der Waals surface area (Å²) in [5.41, 5.74) is 4.14. The summed E-state index contributed by atoms with van der Waals surface area (Å²) in [5.74, 6) is 0. The van der Waals surface area contributed by atoms with Gasteiger partial charge in [0.15, 0.2) is 0 Å². The van der Waals surface area contributed by atoms with Gasteiger partial charge in [-0.25, -0.2) is 0 Å². The van der Waals surface area contributed by atoms with Crippen molar-refractivity contribution in [3.8, 4) is 12.1 Å². The molecule has 2 aromatic rings. The van der Waals surface area contributed by atoms with Crippen molar-refractivity contribution in [1.82, 2.24) is 0 Å². The minimum absolute atomic E-state index is 0.626. The summed E-state index contributed by atoms with van der Waals surface area (Å²) >= 11 is 0. The Morgan fingerprint density at radius 2 is 1.63 bits per heavy atom. The molecule has 0 amide bonds. The molecule has 0 fully saturated rings. The number of hydrogen-bond acceptors (Lipinski definition) is 3. The quantitative estimate of drug-likeness (QED) is 0.816. The maximum Gasteiger partial charge on any atom is 0.101 e. The third-order valence-corrected chi connectivity index (χ3v) is 3.02. The second-order valence-corrected chi connectivity index (χ2v) is 4.35. The summed E-state index contributed by atoms with van der Waals surface area (Å²) in [6.45, 7) is 1.96. The highest BCUT2D eigenvalue weighted by atomic mass is 15.1. The molecule has 0 N–H and O–H groups in total. The largest absolute Gasteiger partial charge is 0.344 e. The Bertz CT molecular complexity index is 673. The van der Waals surface area contributed by atoms with Gasteiger partial charge in [0.25, 0.3) is 0 Å². The van der Waals surface area contributed by atoms with Crippen molar-refractivity contribution < 1.29 is 0 Å². The zero-order valence-corrected chi connectivity index (χ0v) is 10.9. The molecule has 0 aliphatic rings. The molecule has 0 saturated heterocycles. The second-order valence-electron chi connectivity index (χ2n) is 4.35. The van der Waals surface area contributed by atoms with Crippen LogP contribution in [0.1, 0.15) is 16.7 Å². The molecule has 0 bridgehead atoms. The highest BCUT2D eigenvalue weighted by Crippen LogP contribution is 2.27. The molecule has 3 heteroatoms. The van der Waals surface area contributed by atoms with Crippen molar-refractivity contribution in [1.29, 1.82) is 10.5 Å². The Balaban J connectivity index is 2.41. The number of rotatable bonds is 2. The van der Waals surface area contributed by atoms with Crippen LogP contribution in [0.15, 0.2) is 42.5 Å². The van der Waals surface area contributed by atoms with Gasteiger partial charge in [-0.2, -0.15) is 10.5 Å². The van der Waals surface area contributed by atoms with Gasteiger partial charge in [0.1, 0.15) is 6.07 Å². The minimum Gasteiger partial charge on any atom is -0.344 e. The third-order valence-electron chi connectivity index (χ3n) is 3.02. The minimum atomic E-state index is 0.626. The van der Waals surface area contributed by atoms with Gasteiger partial charge in [0.05, 0.1) is 22.9 Å². The van der Waals surface area contributed by atoms with Crippen LogP contribution in [-0.2, 0) is 0 Å². The van der Waals surface area contributed by atoms with Gasteiger partial charge in [-0.05, 0) is 48.9 Å². The Morgan fingerprint density at radius 1 is 0.947 bits per heavy atom. The first-order valence-electron chi connectivity index (χ1n) is 5.90. The van der Waals surface area contributed by atoms with E-state index in [0.29, 0.717) is 11.1 Å². The Kier molecular flexibility index (Phi) is 3.50. The van der Waals surface area contributed by atoms with Gasteiger partial charge >= 0.3 is 0 Å². The molecular formula is C16H13N3. The molecule has 0 atom stereocenters. The number of anilines is 2. The lowest BCUT2D eigenvalue weighted by Crippen LogP contribution is -2.11. The molecule has 0 aliphatic carbocycles. The fraction of sp³-hybridized carbons (Fsp3) is 0.125. The number of hydrogen-bond donors (Lipinski definition) is 0. The van der Waals surface area contributed by atoms with Crippen LogP contribution >= 0.6 is 0 Å². The van der Waals surface area contributed by atoms with E-state index in [2.05, 4.69) is 12.1 Å². The Morgan fingerprint density at radius 3 is 2.21 bits per heavy atom. The van der Waals surface area contributed by atoms with E-state index in [1.807, 2.05) is 49.2 Å². The molecule has 0 heterocycles. The second kappa shape index (κ2) is 5.25. The van der Waals surface area contributed by atoms with Crippen molar-refractivity contribution in [2.75, 3.05) is 11.9 Å². The van der Waals surface area contributed by atoms with Crippen LogP contribution in [0.25, 0.3) is 0 Å². The molecule has 92 valence electrons. The average molecular weight is 247 g/mol. The molecule has 0 radical (unpaired) electrons. The molecular weight excluding hydrogens is 234 g/mol. The molecule has 0 spiro atoms. The molecule has 2 aromatic carbocycles. The van der Waals surface area contributed by atoms with Crippen molar-refractivity contribution in [3.63, 3.8) is 0 Å². The van der Waals surface area contributed by atoms with Gasteiger partial charge in [-0.15, -0.1) is 0 Å². The summed E-state index contributed by atoms with van der Waals surface area (Å²) < 4.78 is 0. The summed E-state index contributed by atoms with van der Waals surface area (Å²) in [6, 6.07) is 17.4. The normalized spacial score (nSPS) is 9.47. The zero-order valence-electron chi connectivity index (χ0n) is 10.9. The Hall–Kier alpha value is -2.78. The van der Waals surface area contributed by atoms with E-state index in [1.165, 1.54) is 0 Å². The number of nitriles is 2. The van der Waals surface area contributed by atoms with Crippen LogP contribution in [0, 0.1) is 29.6 Å². The zero-order chi connectivity index (χ0) is 13.8. The first-order chi connectivity index (χ1) is 9.15. The molecule has 2 rings (SSSR count). The maximum atomic E-state index is 9.20. The van der Waals surface area contributed by atoms with Crippen LogP contribution < -0.4 is 4.90 Å². The van der Waals surface area contributed by atoms with Crippen LogP contribution in [0.4, 0.5) is 11.4 Å². The van der Waals surface area contributed by atoms with E-state index in [4.69, 9.17) is 5.26 Å². The average Bonchev–Trinajstić information content (AvgIpc) is 2.46. The van der Waals surface area contributed by atoms with Crippen molar-refractivity contribution in [2.45, 2.75) is 6.92 Å². The lowest BCUT2D eigenvalue weighted by Gasteiger charge is -2.21. The molecule has 0 aliphatic heterocycles. The topological polar surface area (TPSA) is 50.8 Å². The van der Waals surface area contributed by atoms with Crippen LogP contribution in [0.2, 0.25) is 0 Å². The fourth-order valence-electron chi connectivity index (χ4n) is 1.93. The van der Waals surface area contributed by atoms with Gasteiger partial charge in [0, 0.05) is 12.7 Å². The summed E-state index contributed by atoms with van der Waals surface area (Å²) in [5, 5.41) is 18.0. The molecule has 19 heavy (non-hydrogen) atoms. The summed E-state index contributed by atoms with van der Waals surface area (Å²) in [7, 11) is 1.91. The van der Waals surface area contributed by atoms with Crippen molar-refractivity contribution in [3.05, 3.63) is 59.2 Å². The van der Waals surface area contributed by atoms with E-state index in [0.717, 1.165) is 16.9 Å². The lowest BCUT2D eigenvalue weighted by molar-refractivity contribution is 1.19. The van der Waals surface area contributed by atoms with Gasteiger partial charge < -0.3 is 4.90 Å². The van der Waals surface area contributed by atoms with Gasteiger partial charge in [-0.3, -0.25) is 0 Å². The molecule has 0 saturated carbocycles. The molecule has 3 nitrogen and oxygen atoms in total.